The van der Waals surface area contributed by atoms with Gasteiger partial charge in [-0.2, -0.15) is 0 Å². The van der Waals surface area contributed by atoms with E-state index in [1.54, 1.807) is 12.3 Å². The van der Waals surface area contributed by atoms with Gasteiger partial charge in [0.05, 0.1) is 10.7 Å². The summed E-state index contributed by atoms with van der Waals surface area (Å²) in [5.74, 6) is -1.02. The van der Waals surface area contributed by atoms with Crippen molar-refractivity contribution < 1.29 is 14.0 Å². The van der Waals surface area contributed by atoms with E-state index in [0.717, 1.165) is 5.56 Å². The molecule has 7 heteroatoms. The average Bonchev–Trinajstić information content (AvgIpc) is 2.98. The van der Waals surface area contributed by atoms with E-state index in [9.17, 15) is 14.0 Å². The Morgan fingerprint density at radius 1 is 1.32 bits per heavy atom. The summed E-state index contributed by atoms with van der Waals surface area (Å²) >= 11 is 5.68. The summed E-state index contributed by atoms with van der Waals surface area (Å²) in [6.07, 6.45) is 3.77. The predicted octanol–water partition coefficient (Wildman–Crippen LogP) is 3.69. The summed E-state index contributed by atoms with van der Waals surface area (Å²) in [6.45, 7) is 0. The molecule has 1 aromatic heterocycles. The molecule has 0 radical (unpaired) electrons. The lowest BCUT2D eigenvalue weighted by Crippen LogP contribution is -2.10. The summed E-state index contributed by atoms with van der Waals surface area (Å²) in [7, 11) is 0. The number of rotatable bonds is 3. The van der Waals surface area contributed by atoms with Crippen LogP contribution in [-0.2, 0) is 12.8 Å². The molecule has 0 bridgehead atoms. The lowest BCUT2D eigenvalue weighted by molar-refractivity contribution is 0.318. The SMILES string of the molecule is O/N=C(\Cc1cc(Cl)c(F)cc1F)c1ccnc2c1CC=N2. The molecule has 3 rings (SSSR count). The monoisotopic (exact) mass is 321 g/mol. The van der Waals surface area contributed by atoms with Gasteiger partial charge in [0.1, 0.15) is 11.6 Å². The molecule has 0 aliphatic carbocycles. The molecule has 0 spiro atoms. The summed E-state index contributed by atoms with van der Waals surface area (Å²) in [4.78, 5) is 8.22. The van der Waals surface area contributed by atoms with Crippen LogP contribution in [0.3, 0.4) is 0 Å². The number of fused-ring (bicyclic) bond motifs is 1. The smallest absolute Gasteiger partial charge is 0.155 e. The number of aliphatic imine (C=N–C) groups is 1. The van der Waals surface area contributed by atoms with Crippen LogP contribution < -0.4 is 0 Å². The zero-order valence-electron chi connectivity index (χ0n) is 11.2. The van der Waals surface area contributed by atoms with Crippen molar-refractivity contribution in [1.82, 2.24) is 4.98 Å². The van der Waals surface area contributed by atoms with E-state index < -0.39 is 11.6 Å². The summed E-state index contributed by atoms with van der Waals surface area (Å²) in [5, 5.41) is 12.4. The number of benzene rings is 1. The van der Waals surface area contributed by atoms with Crippen molar-refractivity contribution in [3.63, 3.8) is 0 Å². The van der Waals surface area contributed by atoms with Crippen LogP contribution in [0.15, 0.2) is 34.5 Å². The fourth-order valence-corrected chi connectivity index (χ4v) is 2.54. The van der Waals surface area contributed by atoms with Gasteiger partial charge in [0.15, 0.2) is 5.82 Å². The number of pyridine rings is 1. The molecule has 2 aromatic rings. The predicted molar refractivity (Wildman–Crippen MR) is 79.5 cm³/mol. The van der Waals surface area contributed by atoms with Gasteiger partial charge in [-0.15, -0.1) is 0 Å². The molecule has 4 nitrogen and oxygen atoms in total. The van der Waals surface area contributed by atoms with Crippen molar-refractivity contribution in [1.29, 1.82) is 0 Å². The zero-order chi connectivity index (χ0) is 15.7. The molecule has 0 unspecified atom stereocenters. The maximum absolute atomic E-state index is 13.8. The van der Waals surface area contributed by atoms with E-state index in [4.69, 9.17) is 11.6 Å². The Morgan fingerprint density at radius 2 is 2.14 bits per heavy atom. The Labute approximate surface area is 129 Å². The molecule has 1 aromatic carbocycles. The quantitative estimate of drug-likeness (QED) is 0.405. The first-order valence-corrected chi connectivity index (χ1v) is 6.83. The number of aromatic nitrogens is 1. The first kappa shape index (κ1) is 14.6. The topological polar surface area (TPSA) is 57.8 Å². The molecule has 1 aliphatic rings. The van der Waals surface area contributed by atoms with E-state index in [1.165, 1.54) is 12.3 Å². The van der Waals surface area contributed by atoms with E-state index >= 15 is 0 Å². The highest BCUT2D eigenvalue weighted by Gasteiger charge is 2.19. The standard InChI is InChI=1S/C15H10ClF2N3O/c16-11-5-8(12(17)7-13(11)18)6-14(21-22)9-1-3-19-15-10(9)2-4-20-15/h1,3-5,7,22H,2,6H2/b21-14+. The van der Waals surface area contributed by atoms with E-state index in [0.29, 0.717) is 23.9 Å². The van der Waals surface area contributed by atoms with Crippen molar-refractivity contribution in [3.8, 4) is 0 Å². The summed E-state index contributed by atoms with van der Waals surface area (Å²) < 4.78 is 27.0. The van der Waals surface area contributed by atoms with Crippen LogP contribution >= 0.6 is 11.6 Å². The molecule has 22 heavy (non-hydrogen) atoms. The number of hydrogen-bond donors (Lipinski definition) is 1. The molecule has 1 N–H and O–H groups in total. The third-order valence-electron chi connectivity index (χ3n) is 3.42. The Hall–Kier alpha value is -2.34. The van der Waals surface area contributed by atoms with Gasteiger partial charge in [0, 0.05) is 42.4 Å². The molecule has 112 valence electrons. The van der Waals surface area contributed by atoms with Gasteiger partial charge in [-0.3, -0.25) is 0 Å². The van der Waals surface area contributed by atoms with Gasteiger partial charge in [-0.25, -0.2) is 18.8 Å². The van der Waals surface area contributed by atoms with E-state index in [1.807, 2.05) is 0 Å². The van der Waals surface area contributed by atoms with Crippen molar-refractivity contribution in [3.05, 3.63) is 57.7 Å². The zero-order valence-corrected chi connectivity index (χ0v) is 12.0. The number of nitrogens with zero attached hydrogens (tertiary/aromatic N) is 3. The molecular weight excluding hydrogens is 312 g/mol. The normalized spacial score (nSPS) is 13.5. The van der Waals surface area contributed by atoms with E-state index in [-0.39, 0.29) is 22.7 Å². The van der Waals surface area contributed by atoms with Crippen LogP contribution in [0.25, 0.3) is 0 Å². The van der Waals surface area contributed by atoms with Gasteiger partial charge in [0.2, 0.25) is 0 Å². The molecule has 2 heterocycles. The van der Waals surface area contributed by atoms with Gasteiger partial charge in [-0.05, 0) is 17.7 Å². The highest BCUT2D eigenvalue weighted by molar-refractivity contribution is 6.30. The molecule has 0 saturated heterocycles. The lowest BCUT2D eigenvalue weighted by Gasteiger charge is -2.10. The second-order valence-electron chi connectivity index (χ2n) is 4.76. The Bertz CT molecular complexity index is 806. The van der Waals surface area contributed by atoms with Crippen molar-refractivity contribution in [2.75, 3.05) is 0 Å². The molecule has 1 aliphatic heterocycles. The second-order valence-corrected chi connectivity index (χ2v) is 5.16. The second kappa shape index (κ2) is 5.81. The summed E-state index contributed by atoms with van der Waals surface area (Å²) in [6, 6.07) is 3.58. The lowest BCUT2D eigenvalue weighted by atomic mass is 9.97. The van der Waals surface area contributed by atoms with E-state index in [2.05, 4.69) is 15.1 Å². The molecule has 0 saturated carbocycles. The minimum atomic E-state index is -0.830. The van der Waals surface area contributed by atoms with Crippen molar-refractivity contribution in [2.24, 2.45) is 10.1 Å². The van der Waals surface area contributed by atoms with Gasteiger partial charge < -0.3 is 5.21 Å². The maximum Gasteiger partial charge on any atom is 0.155 e. The van der Waals surface area contributed by atoms with Crippen LogP contribution in [0.1, 0.15) is 16.7 Å². The Balaban J connectivity index is 1.98. The van der Waals surface area contributed by atoms with Crippen LogP contribution in [0.5, 0.6) is 0 Å². The van der Waals surface area contributed by atoms with Crippen LogP contribution in [-0.4, -0.2) is 22.1 Å². The number of hydrogen-bond acceptors (Lipinski definition) is 4. The summed E-state index contributed by atoms with van der Waals surface area (Å²) in [5.41, 5.74) is 1.82. The molecule has 0 atom stereocenters. The largest absolute Gasteiger partial charge is 0.411 e. The minimum absolute atomic E-state index is 0.0290. The number of halogens is 3. The highest BCUT2D eigenvalue weighted by Crippen LogP contribution is 2.27. The van der Waals surface area contributed by atoms with Gasteiger partial charge >= 0.3 is 0 Å². The number of oxime groups is 1. The Kier molecular flexibility index (Phi) is 3.85. The van der Waals surface area contributed by atoms with Crippen LogP contribution in [0.2, 0.25) is 5.02 Å². The van der Waals surface area contributed by atoms with Crippen LogP contribution in [0.4, 0.5) is 14.6 Å². The maximum atomic E-state index is 13.8. The fraction of sp³-hybridized carbons (Fsp3) is 0.133. The molecule has 0 amide bonds. The Morgan fingerprint density at radius 3 is 2.91 bits per heavy atom. The van der Waals surface area contributed by atoms with Gasteiger partial charge in [-0.1, -0.05) is 16.8 Å². The molecular formula is C15H10ClF2N3O. The third kappa shape index (κ3) is 2.57. The van der Waals surface area contributed by atoms with Crippen molar-refractivity contribution in [2.45, 2.75) is 12.8 Å². The van der Waals surface area contributed by atoms with Crippen LogP contribution in [0, 0.1) is 11.6 Å². The fourth-order valence-electron chi connectivity index (χ4n) is 2.35. The molecule has 0 fully saturated rings. The first-order valence-electron chi connectivity index (χ1n) is 6.45. The van der Waals surface area contributed by atoms with Crippen molar-refractivity contribution >= 4 is 29.3 Å². The minimum Gasteiger partial charge on any atom is -0.411 e. The highest BCUT2D eigenvalue weighted by atomic mass is 35.5. The average molecular weight is 322 g/mol. The third-order valence-corrected chi connectivity index (χ3v) is 3.71. The first-order chi connectivity index (χ1) is 10.6. The van der Waals surface area contributed by atoms with Gasteiger partial charge in [0.25, 0.3) is 0 Å².